The number of aryl methyl sites for hydroxylation is 1. The van der Waals surface area contributed by atoms with E-state index in [0.29, 0.717) is 18.2 Å². The number of amides is 1. The van der Waals surface area contributed by atoms with E-state index in [1.807, 2.05) is 17.9 Å². The zero-order valence-electron chi connectivity index (χ0n) is 9.77. The Kier molecular flexibility index (Phi) is 3.01. The summed E-state index contributed by atoms with van der Waals surface area (Å²) in [7, 11) is 0. The number of hydrogen-bond donors (Lipinski definition) is 1. The molecule has 4 nitrogen and oxygen atoms in total. The summed E-state index contributed by atoms with van der Waals surface area (Å²) in [6.45, 7) is 5.27. The quantitative estimate of drug-likeness (QED) is 0.822. The van der Waals surface area contributed by atoms with E-state index >= 15 is 0 Å². The van der Waals surface area contributed by atoms with E-state index in [4.69, 9.17) is 10.2 Å². The largest absolute Gasteiger partial charge is 0.456 e. The van der Waals surface area contributed by atoms with Gasteiger partial charge in [-0.15, -0.1) is 0 Å². The predicted octanol–water partition coefficient (Wildman–Crippen LogP) is 1.40. The van der Waals surface area contributed by atoms with Gasteiger partial charge in [0.2, 0.25) is 0 Å². The van der Waals surface area contributed by atoms with Crippen LogP contribution >= 0.6 is 0 Å². The second-order valence-corrected chi connectivity index (χ2v) is 4.48. The summed E-state index contributed by atoms with van der Waals surface area (Å²) in [6.07, 6.45) is 1.02. The highest BCUT2D eigenvalue weighted by Gasteiger charge is 2.34. The molecule has 1 aliphatic rings. The number of carbonyl (C=O) groups excluding carboxylic acids is 1. The number of rotatable bonds is 2. The first kappa shape index (κ1) is 11.2. The van der Waals surface area contributed by atoms with E-state index in [2.05, 4.69) is 6.92 Å². The number of hydrogen-bond acceptors (Lipinski definition) is 3. The van der Waals surface area contributed by atoms with Crippen LogP contribution in [-0.4, -0.2) is 29.9 Å². The first-order chi connectivity index (χ1) is 7.63. The van der Waals surface area contributed by atoms with Gasteiger partial charge >= 0.3 is 0 Å². The van der Waals surface area contributed by atoms with Gasteiger partial charge in [-0.25, -0.2) is 0 Å². The summed E-state index contributed by atoms with van der Waals surface area (Å²) in [5.74, 6) is 1.63. The fourth-order valence-corrected chi connectivity index (χ4v) is 2.31. The summed E-state index contributed by atoms with van der Waals surface area (Å²) in [6, 6.07) is 3.69. The van der Waals surface area contributed by atoms with Crippen molar-refractivity contribution in [2.24, 2.45) is 11.7 Å². The second kappa shape index (κ2) is 4.29. The van der Waals surface area contributed by atoms with Gasteiger partial charge in [0, 0.05) is 19.1 Å². The highest BCUT2D eigenvalue weighted by atomic mass is 16.3. The Bertz CT molecular complexity index is 386. The number of nitrogens with two attached hydrogens (primary N) is 1. The minimum absolute atomic E-state index is 0.0344. The average Bonchev–Trinajstić information content (AvgIpc) is 2.83. The Morgan fingerprint density at radius 3 is 2.94 bits per heavy atom. The molecule has 2 atom stereocenters. The van der Waals surface area contributed by atoms with Crippen LogP contribution < -0.4 is 5.73 Å². The van der Waals surface area contributed by atoms with Gasteiger partial charge in [-0.3, -0.25) is 4.79 Å². The number of carbonyl (C=O) groups is 1. The third-order valence-electron chi connectivity index (χ3n) is 3.34. The Labute approximate surface area is 95.4 Å². The van der Waals surface area contributed by atoms with Crippen molar-refractivity contribution in [3.8, 4) is 0 Å². The van der Waals surface area contributed by atoms with Gasteiger partial charge in [0.15, 0.2) is 5.76 Å². The molecule has 2 rings (SSSR count). The van der Waals surface area contributed by atoms with Gasteiger partial charge in [-0.2, -0.15) is 0 Å². The summed E-state index contributed by atoms with van der Waals surface area (Å²) >= 11 is 0. The Morgan fingerprint density at radius 2 is 2.38 bits per heavy atom. The van der Waals surface area contributed by atoms with E-state index in [1.54, 1.807) is 6.07 Å². The standard InChI is InChI=1S/C12H18N2O2/c1-8-5-6-14(10(8)7-13)12(15)11-4-3-9(2)16-11/h3-4,8,10H,5-7,13H2,1-2H3. The summed E-state index contributed by atoms with van der Waals surface area (Å²) in [4.78, 5) is 14.0. The third kappa shape index (κ3) is 1.85. The van der Waals surface area contributed by atoms with Gasteiger partial charge < -0.3 is 15.1 Å². The van der Waals surface area contributed by atoms with Crippen molar-refractivity contribution in [1.29, 1.82) is 0 Å². The van der Waals surface area contributed by atoms with Gasteiger partial charge in [-0.1, -0.05) is 6.92 Å². The van der Waals surface area contributed by atoms with E-state index in [1.165, 1.54) is 0 Å². The molecule has 0 spiro atoms. The molecule has 1 amide bonds. The molecular weight excluding hydrogens is 204 g/mol. The molecule has 88 valence electrons. The van der Waals surface area contributed by atoms with Crippen molar-refractivity contribution in [2.45, 2.75) is 26.3 Å². The molecule has 2 heterocycles. The Balaban J connectivity index is 2.16. The minimum atomic E-state index is -0.0344. The second-order valence-electron chi connectivity index (χ2n) is 4.48. The van der Waals surface area contributed by atoms with E-state index < -0.39 is 0 Å². The molecule has 1 aromatic rings. The van der Waals surface area contributed by atoms with Crippen LogP contribution in [-0.2, 0) is 0 Å². The van der Waals surface area contributed by atoms with Crippen molar-refractivity contribution in [2.75, 3.05) is 13.1 Å². The summed E-state index contributed by atoms with van der Waals surface area (Å²) in [5.41, 5.74) is 5.71. The molecule has 2 N–H and O–H groups in total. The SMILES string of the molecule is Cc1ccc(C(=O)N2CCC(C)C2CN)o1. The molecule has 1 saturated heterocycles. The van der Waals surface area contributed by atoms with Gasteiger partial charge in [0.05, 0.1) is 0 Å². The number of furan rings is 1. The number of nitrogens with zero attached hydrogens (tertiary/aromatic N) is 1. The molecule has 4 heteroatoms. The van der Waals surface area contributed by atoms with Crippen LogP contribution in [0.4, 0.5) is 0 Å². The van der Waals surface area contributed by atoms with E-state index in [0.717, 1.165) is 18.7 Å². The normalized spacial score (nSPS) is 25.1. The predicted molar refractivity (Wildman–Crippen MR) is 61.1 cm³/mol. The van der Waals surface area contributed by atoms with Crippen molar-refractivity contribution < 1.29 is 9.21 Å². The van der Waals surface area contributed by atoms with Crippen LogP contribution in [0.1, 0.15) is 29.7 Å². The molecule has 1 aromatic heterocycles. The average molecular weight is 222 g/mol. The van der Waals surface area contributed by atoms with Crippen molar-refractivity contribution in [3.05, 3.63) is 23.7 Å². The van der Waals surface area contributed by atoms with Crippen molar-refractivity contribution >= 4 is 5.91 Å². The Morgan fingerprint density at radius 1 is 1.62 bits per heavy atom. The molecule has 0 aliphatic carbocycles. The maximum absolute atomic E-state index is 12.2. The van der Waals surface area contributed by atoms with Crippen molar-refractivity contribution in [3.63, 3.8) is 0 Å². The highest BCUT2D eigenvalue weighted by molar-refractivity contribution is 5.92. The maximum atomic E-state index is 12.2. The lowest BCUT2D eigenvalue weighted by atomic mass is 10.0. The zero-order chi connectivity index (χ0) is 11.7. The molecule has 16 heavy (non-hydrogen) atoms. The molecule has 2 unspecified atom stereocenters. The molecular formula is C12H18N2O2. The zero-order valence-corrected chi connectivity index (χ0v) is 9.77. The first-order valence-electron chi connectivity index (χ1n) is 5.71. The van der Waals surface area contributed by atoms with Gasteiger partial charge in [-0.05, 0) is 31.4 Å². The van der Waals surface area contributed by atoms with Gasteiger partial charge in [0.25, 0.3) is 5.91 Å². The van der Waals surface area contributed by atoms with Crippen LogP contribution in [0.3, 0.4) is 0 Å². The summed E-state index contributed by atoms with van der Waals surface area (Å²) in [5, 5.41) is 0. The lowest BCUT2D eigenvalue weighted by Gasteiger charge is -2.24. The lowest BCUT2D eigenvalue weighted by Crippen LogP contribution is -2.42. The van der Waals surface area contributed by atoms with E-state index in [-0.39, 0.29) is 11.9 Å². The fourth-order valence-electron chi connectivity index (χ4n) is 2.31. The maximum Gasteiger partial charge on any atom is 0.289 e. The molecule has 0 aromatic carbocycles. The molecule has 0 bridgehead atoms. The highest BCUT2D eigenvalue weighted by Crippen LogP contribution is 2.25. The van der Waals surface area contributed by atoms with Crippen LogP contribution in [0.15, 0.2) is 16.5 Å². The molecule has 1 aliphatic heterocycles. The molecule has 0 saturated carbocycles. The smallest absolute Gasteiger partial charge is 0.289 e. The summed E-state index contributed by atoms with van der Waals surface area (Å²) < 4.78 is 5.35. The number of likely N-dealkylation sites (tertiary alicyclic amines) is 1. The van der Waals surface area contributed by atoms with Crippen LogP contribution in [0.2, 0.25) is 0 Å². The van der Waals surface area contributed by atoms with Crippen LogP contribution in [0, 0.1) is 12.8 Å². The van der Waals surface area contributed by atoms with Gasteiger partial charge in [0.1, 0.15) is 5.76 Å². The third-order valence-corrected chi connectivity index (χ3v) is 3.34. The molecule has 0 radical (unpaired) electrons. The minimum Gasteiger partial charge on any atom is -0.456 e. The van der Waals surface area contributed by atoms with Crippen molar-refractivity contribution in [1.82, 2.24) is 4.90 Å². The Hall–Kier alpha value is -1.29. The molecule has 1 fully saturated rings. The lowest BCUT2D eigenvalue weighted by molar-refractivity contribution is 0.0693. The van der Waals surface area contributed by atoms with E-state index in [9.17, 15) is 4.79 Å². The van der Waals surface area contributed by atoms with Crippen LogP contribution in [0.25, 0.3) is 0 Å². The first-order valence-corrected chi connectivity index (χ1v) is 5.71. The van der Waals surface area contributed by atoms with Crippen LogP contribution in [0.5, 0.6) is 0 Å². The topological polar surface area (TPSA) is 59.5 Å². The fraction of sp³-hybridized carbons (Fsp3) is 0.583. The monoisotopic (exact) mass is 222 g/mol.